The number of fused-ring (bicyclic) bond motifs is 3. The van der Waals surface area contributed by atoms with Gasteiger partial charge in [-0.05, 0) is 65.9 Å². The zero-order chi connectivity index (χ0) is 27.7. The second-order valence-electron chi connectivity index (χ2n) is 12.1. The van der Waals surface area contributed by atoms with Crippen LogP contribution < -0.4 is 0 Å². The summed E-state index contributed by atoms with van der Waals surface area (Å²) in [6.07, 6.45) is 2.15. The van der Waals surface area contributed by atoms with E-state index in [1.54, 1.807) is 40.7 Å². The maximum Gasteiger partial charge on any atom is 0.230 e. The number of hydrogen-bond acceptors (Lipinski definition) is 8. The molecular weight excluding hydrogens is 476 g/mol. The maximum atomic E-state index is 13.8. The Labute approximate surface area is 218 Å². The second-order valence-corrected chi connectivity index (χ2v) is 12.1. The number of aliphatic hydroxyl groups is 2. The number of Topliss-reactive ketones (excluding diaryl/α,β-unsaturated/α-hetero) is 3. The molecule has 7 atom stereocenters. The van der Waals surface area contributed by atoms with Gasteiger partial charge in [0.05, 0.1) is 48.1 Å². The van der Waals surface area contributed by atoms with Crippen LogP contribution in [0.15, 0.2) is 34.3 Å². The number of allylic oxidation sites excluding steroid dienone is 4. The molecule has 7 unspecified atom stereocenters. The van der Waals surface area contributed by atoms with Crippen LogP contribution in [0.5, 0.6) is 0 Å². The molecule has 8 nitrogen and oxygen atoms in total. The predicted molar refractivity (Wildman–Crippen MR) is 135 cm³/mol. The Balaban J connectivity index is 1.76. The van der Waals surface area contributed by atoms with Crippen molar-refractivity contribution in [2.45, 2.75) is 104 Å². The van der Waals surface area contributed by atoms with Crippen LogP contribution in [0.25, 0.3) is 0 Å². The van der Waals surface area contributed by atoms with E-state index in [9.17, 15) is 24.6 Å². The van der Waals surface area contributed by atoms with Crippen LogP contribution in [-0.2, 0) is 28.6 Å². The molecular formula is C29H40O8. The van der Waals surface area contributed by atoms with Crippen LogP contribution in [0.4, 0.5) is 0 Å². The molecule has 4 aliphatic rings. The third kappa shape index (κ3) is 4.12. The van der Waals surface area contributed by atoms with Gasteiger partial charge in [0.1, 0.15) is 5.60 Å². The first-order chi connectivity index (χ1) is 17.1. The molecule has 0 spiro atoms. The average molecular weight is 517 g/mol. The molecule has 0 bridgehead atoms. The van der Waals surface area contributed by atoms with Gasteiger partial charge < -0.3 is 24.4 Å². The minimum absolute atomic E-state index is 0.0411. The summed E-state index contributed by atoms with van der Waals surface area (Å²) >= 11 is 0. The highest BCUT2D eigenvalue weighted by atomic mass is 16.5. The summed E-state index contributed by atoms with van der Waals surface area (Å²) in [7, 11) is 1.29. The smallest absolute Gasteiger partial charge is 0.230 e. The lowest BCUT2D eigenvalue weighted by atomic mass is 9.52. The van der Waals surface area contributed by atoms with Gasteiger partial charge in [-0.1, -0.05) is 19.9 Å². The molecule has 0 radical (unpaired) electrons. The molecule has 2 aliphatic heterocycles. The van der Waals surface area contributed by atoms with E-state index < -0.39 is 46.1 Å². The van der Waals surface area contributed by atoms with E-state index in [1.807, 2.05) is 13.8 Å². The van der Waals surface area contributed by atoms with Crippen LogP contribution in [0.3, 0.4) is 0 Å². The van der Waals surface area contributed by atoms with Gasteiger partial charge in [-0.3, -0.25) is 14.4 Å². The van der Waals surface area contributed by atoms with Gasteiger partial charge in [0.2, 0.25) is 11.6 Å². The Morgan fingerprint density at radius 2 is 1.84 bits per heavy atom. The number of ketones is 3. The molecule has 2 fully saturated rings. The van der Waals surface area contributed by atoms with E-state index in [4.69, 9.17) is 14.2 Å². The van der Waals surface area contributed by atoms with Crippen molar-refractivity contribution >= 4 is 17.3 Å². The summed E-state index contributed by atoms with van der Waals surface area (Å²) in [5.74, 6) is -3.35. The molecule has 37 heavy (non-hydrogen) atoms. The first-order valence-electron chi connectivity index (χ1n) is 13.2. The third-order valence-electron chi connectivity index (χ3n) is 9.26. The number of rotatable bonds is 5. The zero-order valence-corrected chi connectivity index (χ0v) is 23.1. The lowest BCUT2D eigenvalue weighted by Gasteiger charge is -2.61. The van der Waals surface area contributed by atoms with Crippen molar-refractivity contribution in [3.63, 3.8) is 0 Å². The number of methoxy groups -OCH3 is 1. The first-order valence-corrected chi connectivity index (χ1v) is 13.2. The van der Waals surface area contributed by atoms with Crippen molar-refractivity contribution < 1.29 is 38.8 Å². The van der Waals surface area contributed by atoms with Gasteiger partial charge in [0, 0.05) is 11.3 Å². The third-order valence-corrected chi connectivity index (χ3v) is 9.26. The predicted octanol–water partition coefficient (Wildman–Crippen LogP) is 3.35. The molecule has 0 amide bonds. The van der Waals surface area contributed by atoms with E-state index in [2.05, 4.69) is 0 Å². The van der Waals surface area contributed by atoms with Crippen molar-refractivity contribution in [3.8, 4) is 0 Å². The lowest BCUT2D eigenvalue weighted by molar-refractivity contribution is -0.260. The van der Waals surface area contributed by atoms with Crippen LogP contribution in [0, 0.1) is 17.3 Å². The number of ether oxygens (including phenoxy) is 3. The van der Waals surface area contributed by atoms with Crippen LogP contribution in [-0.4, -0.2) is 64.2 Å². The van der Waals surface area contributed by atoms with Crippen LogP contribution in [0.2, 0.25) is 0 Å². The Kier molecular flexibility index (Phi) is 6.88. The van der Waals surface area contributed by atoms with Gasteiger partial charge in [0.25, 0.3) is 0 Å². The fourth-order valence-corrected chi connectivity index (χ4v) is 7.05. The largest absolute Gasteiger partial charge is 0.492 e. The SMILES string of the molecule is CC=C(C)C(=O)C(C)C1=C(OC)C(=O)C2=C(OC3(C)CCC4OC(C(C)(C)O)CCC4(C)C3C2O)C1=O. The highest BCUT2D eigenvalue weighted by molar-refractivity contribution is 6.26. The number of hydrogen-bond donors (Lipinski definition) is 2. The van der Waals surface area contributed by atoms with Crippen molar-refractivity contribution in [1.29, 1.82) is 0 Å². The second kappa shape index (κ2) is 9.17. The normalized spacial score (nSPS) is 37.4. The van der Waals surface area contributed by atoms with Gasteiger partial charge in [-0.2, -0.15) is 0 Å². The fraction of sp³-hybridized carbons (Fsp3) is 0.690. The summed E-state index contributed by atoms with van der Waals surface area (Å²) in [6.45, 7) is 12.3. The average Bonchev–Trinajstić information content (AvgIpc) is 2.82. The quantitative estimate of drug-likeness (QED) is 0.422. The molecule has 2 heterocycles. The Morgan fingerprint density at radius 3 is 2.41 bits per heavy atom. The fourth-order valence-electron chi connectivity index (χ4n) is 7.05. The summed E-state index contributed by atoms with van der Waals surface area (Å²) < 4.78 is 18.2. The topological polar surface area (TPSA) is 119 Å². The van der Waals surface area contributed by atoms with Crippen molar-refractivity contribution in [1.82, 2.24) is 0 Å². The molecule has 8 heteroatoms. The minimum atomic E-state index is -1.28. The molecule has 1 saturated heterocycles. The molecule has 2 aliphatic carbocycles. The number of aliphatic hydroxyl groups excluding tert-OH is 1. The first kappa shape index (κ1) is 27.7. The van der Waals surface area contributed by atoms with Gasteiger partial charge >= 0.3 is 0 Å². The van der Waals surface area contributed by atoms with Gasteiger partial charge in [0.15, 0.2) is 17.3 Å². The van der Waals surface area contributed by atoms with Gasteiger partial charge in [-0.25, -0.2) is 0 Å². The molecule has 204 valence electrons. The van der Waals surface area contributed by atoms with Crippen molar-refractivity contribution in [3.05, 3.63) is 34.3 Å². The number of carbonyl (C=O) groups excluding carboxylic acids is 3. The zero-order valence-electron chi connectivity index (χ0n) is 23.1. The summed E-state index contributed by atoms with van der Waals surface area (Å²) in [6, 6.07) is 0. The number of carbonyl (C=O) groups is 3. The summed E-state index contributed by atoms with van der Waals surface area (Å²) in [5, 5.41) is 22.3. The molecule has 0 aromatic carbocycles. The standard InChI is InChI=1S/C29H40O8/c1-9-14(2)20(30)15(3)18-21(31)25-19(22(32)24(18)35-8)23(33)26-28(6)12-10-16(27(4,5)34)36-17(28)11-13-29(26,7)37-25/h9,15-17,23,26,33-34H,10-13H2,1-8H3. The van der Waals surface area contributed by atoms with E-state index in [0.29, 0.717) is 31.3 Å². The molecule has 0 aromatic heterocycles. The Bertz CT molecular complexity index is 1120. The van der Waals surface area contributed by atoms with Crippen molar-refractivity contribution in [2.75, 3.05) is 7.11 Å². The molecule has 0 aromatic rings. The highest BCUT2D eigenvalue weighted by Gasteiger charge is 2.65. The molecule has 1 saturated carbocycles. The molecule has 4 rings (SSSR count). The van der Waals surface area contributed by atoms with E-state index >= 15 is 0 Å². The van der Waals surface area contributed by atoms with Gasteiger partial charge in [-0.15, -0.1) is 0 Å². The summed E-state index contributed by atoms with van der Waals surface area (Å²) in [4.78, 5) is 40.5. The van der Waals surface area contributed by atoms with Crippen molar-refractivity contribution in [2.24, 2.45) is 17.3 Å². The monoisotopic (exact) mass is 516 g/mol. The van der Waals surface area contributed by atoms with Crippen LogP contribution in [0.1, 0.15) is 74.1 Å². The highest BCUT2D eigenvalue weighted by Crippen LogP contribution is 2.60. The van der Waals surface area contributed by atoms with Crippen LogP contribution >= 0.6 is 0 Å². The lowest BCUT2D eigenvalue weighted by Crippen LogP contribution is -2.66. The molecule has 2 N–H and O–H groups in total. The maximum absolute atomic E-state index is 13.8. The van der Waals surface area contributed by atoms with E-state index in [-0.39, 0.29) is 40.7 Å². The Morgan fingerprint density at radius 1 is 1.19 bits per heavy atom. The minimum Gasteiger partial charge on any atom is -0.492 e. The summed E-state index contributed by atoms with van der Waals surface area (Å²) in [5.41, 5.74) is -2.16. The Hall–Kier alpha value is -2.29. The van der Waals surface area contributed by atoms with E-state index in [0.717, 1.165) is 0 Å². The van der Waals surface area contributed by atoms with E-state index in [1.165, 1.54) is 7.11 Å².